The number of carbonyl (C=O) groups excluding carboxylic acids is 1. The van der Waals surface area contributed by atoms with Gasteiger partial charge in [0.1, 0.15) is 12.1 Å². The lowest BCUT2D eigenvalue weighted by Crippen LogP contribution is -2.08. The van der Waals surface area contributed by atoms with Gasteiger partial charge in [-0.1, -0.05) is 5.16 Å². The number of hydrogen-bond donors (Lipinski definition) is 1. The number of nitrogens with zero attached hydrogens (tertiary/aromatic N) is 3. The van der Waals surface area contributed by atoms with Crippen LogP contribution in [0.25, 0.3) is 0 Å². The molecule has 0 heterocycles. The molecule has 0 amide bonds. The molecule has 0 aromatic carbocycles. The molecule has 0 spiro atoms. The van der Waals surface area contributed by atoms with E-state index in [1.165, 1.54) is 6.07 Å². The van der Waals surface area contributed by atoms with E-state index >= 15 is 0 Å². The van der Waals surface area contributed by atoms with Gasteiger partial charge in [-0.25, -0.2) is 0 Å². The van der Waals surface area contributed by atoms with Gasteiger partial charge in [-0.15, -0.1) is 0 Å². The molecule has 0 fully saturated rings. The quantitative estimate of drug-likeness (QED) is 0.218. The Kier molecular flexibility index (Phi) is 2.50. The molecule has 0 saturated carbocycles. The molecular formula is C4HN3O2. The zero-order chi connectivity index (χ0) is 7.28. The van der Waals surface area contributed by atoms with Crippen LogP contribution in [0.5, 0.6) is 0 Å². The van der Waals surface area contributed by atoms with Gasteiger partial charge in [-0.05, 0) is 0 Å². The highest BCUT2D eigenvalue weighted by Crippen LogP contribution is 1.74. The van der Waals surface area contributed by atoms with E-state index in [9.17, 15) is 4.79 Å². The molecule has 9 heavy (non-hydrogen) atoms. The Hall–Kier alpha value is -1.88. The van der Waals surface area contributed by atoms with E-state index in [0.717, 1.165) is 6.07 Å². The van der Waals surface area contributed by atoms with Crippen LogP contribution in [0.4, 0.5) is 0 Å². The van der Waals surface area contributed by atoms with Crippen molar-refractivity contribution in [2.75, 3.05) is 0 Å². The normalized spacial score (nSPS) is 9.33. The molecule has 0 saturated heterocycles. The molecule has 0 aliphatic rings. The van der Waals surface area contributed by atoms with Crippen LogP contribution in [-0.2, 0) is 4.79 Å². The lowest BCUT2D eigenvalue weighted by Gasteiger charge is -1.76. The number of oxime groups is 1. The third-order valence-electron chi connectivity index (χ3n) is 0.523. The van der Waals surface area contributed by atoms with Crippen molar-refractivity contribution in [1.29, 1.82) is 10.5 Å². The van der Waals surface area contributed by atoms with E-state index in [2.05, 4.69) is 5.16 Å². The van der Waals surface area contributed by atoms with Crippen molar-refractivity contribution in [3.63, 3.8) is 0 Å². The fraction of sp³-hybridized carbons (Fsp3) is 0. The highest BCUT2D eigenvalue weighted by atomic mass is 16.4. The van der Waals surface area contributed by atoms with Gasteiger partial charge in [-0.2, -0.15) is 10.5 Å². The summed E-state index contributed by atoms with van der Waals surface area (Å²) in [5.74, 6) is -1.14. The fourth-order valence-electron chi connectivity index (χ4n) is 0.171. The first kappa shape index (κ1) is 7.12. The molecule has 0 aliphatic heterocycles. The van der Waals surface area contributed by atoms with Crippen molar-refractivity contribution in [2.45, 2.75) is 0 Å². The maximum Gasteiger partial charge on any atom is 0.294 e. The van der Waals surface area contributed by atoms with Crippen molar-refractivity contribution in [3.05, 3.63) is 0 Å². The molecule has 0 unspecified atom stereocenters. The summed E-state index contributed by atoms with van der Waals surface area (Å²) in [5, 5.41) is 25.8. The molecule has 0 aliphatic carbocycles. The number of carbonyl (C=O) groups is 1. The van der Waals surface area contributed by atoms with Gasteiger partial charge in [0.15, 0.2) is 0 Å². The zero-order valence-electron chi connectivity index (χ0n) is 4.20. The van der Waals surface area contributed by atoms with Gasteiger partial charge in [0.25, 0.3) is 5.78 Å². The third kappa shape index (κ3) is 1.58. The van der Waals surface area contributed by atoms with Crippen LogP contribution in [0.15, 0.2) is 5.16 Å². The van der Waals surface area contributed by atoms with Gasteiger partial charge in [0, 0.05) is 0 Å². The average molecular weight is 123 g/mol. The average Bonchev–Trinajstić information content (AvgIpc) is 1.90. The second-order valence-electron chi connectivity index (χ2n) is 1.00. The van der Waals surface area contributed by atoms with E-state index in [1.807, 2.05) is 0 Å². The second kappa shape index (κ2) is 3.16. The molecule has 44 valence electrons. The largest absolute Gasteiger partial charge is 0.410 e. The molecule has 0 rings (SSSR count). The van der Waals surface area contributed by atoms with Crippen molar-refractivity contribution >= 4 is 11.5 Å². The first-order chi connectivity index (χ1) is 4.26. The first-order valence-corrected chi connectivity index (χ1v) is 1.82. The Balaban J connectivity index is 4.44. The van der Waals surface area contributed by atoms with Crippen LogP contribution in [0.2, 0.25) is 0 Å². The number of ketones is 1. The van der Waals surface area contributed by atoms with Crippen molar-refractivity contribution in [2.24, 2.45) is 5.16 Å². The first-order valence-electron chi connectivity index (χ1n) is 1.82. The molecule has 0 bridgehead atoms. The molecule has 0 aromatic heterocycles. The zero-order valence-corrected chi connectivity index (χ0v) is 4.20. The Morgan fingerprint density at radius 3 is 2.11 bits per heavy atom. The van der Waals surface area contributed by atoms with Crippen LogP contribution in [-0.4, -0.2) is 16.7 Å². The summed E-state index contributed by atoms with van der Waals surface area (Å²) in [4.78, 5) is 10.1. The molecule has 0 radical (unpaired) electrons. The number of Topliss-reactive ketones (excluding diaryl/α,β-unsaturated/α-hetero) is 1. The standard InChI is InChI=1S/C4HN3O2/c5-1-3(7-9)4(8)2-6/h9H. The van der Waals surface area contributed by atoms with Crippen molar-refractivity contribution in [1.82, 2.24) is 0 Å². The Morgan fingerprint density at radius 2 is 2.00 bits per heavy atom. The molecule has 0 atom stereocenters. The fourth-order valence-corrected chi connectivity index (χ4v) is 0.171. The van der Waals surface area contributed by atoms with E-state index in [-0.39, 0.29) is 0 Å². The van der Waals surface area contributed by atoms with E-state index in [1.54, 1.807) is 0 Å². The maximum atomic E-state index is 10.1. The highest BCUT2D eigenvalue weighted by molar-refractivity contribution is 6.50. The highest BCUT2D eigenvalue weighted by Gasteiger charge is 2.08. The molecule has 5 nitrogen and oxygen atoms in total. The van der Waals surface area contributed by atoms with Crippen LogP contribution < -0.4 is 0 Å². The molecular weight excluding hydrogens is 122 g/mol. The third-order valence-corrected chi connectivity index (χ3v) is 0.523. The van der Waals surface area contributed by atoms with Crippen LogP contribution in [0.3, 0.4) is 0 Å². The minimum Gasteiger partial charge on any atom is -0.410 e. The summed E-state index contributed by atoms with van der Waals surface area (Å²) in [7, 11) is 0. The van der Waals surface area contributed by atoms with Crippen LogP contribution in [0, 0.1) is 22.7 Å². The topological polar surface area (TPSA) is 97.2 Å². The lowest BCUT2D eigenvalue weighted by molar-refractivity contribution is -0.108. The van der Waals surface area contributed by atoms with Gasteiger partial charge in [-0.3, -0.25) is 4.79 Å². The number of rotatable bonds is 1. The van der Waals surface area contributed by atoms with Crippen molar-refractivity contribution in [3.8, 4) is 12.1 Å². The number of hydrogen-bond acceptors (Lipinski definition) is 5. The van der Waals surface area contributed by atoms with E-state index in [0.29, 0.717) is 0 Å². The van der Waals surface area contributed by atoms with Gasteiger partial charge in [0.2, 0.25) is 5.71 Å². The molecule has 0 aromatic rings. The van der Waals surface area contributed by atoms with Gasteiger partial charge in [0.05, 0.1) is 0 Å². The Bertz CT molecular complexity index is 229. The smallest absolute Gasteiger partial charge is 0.294 e. The minimum atomic E-state index is -1.14. The monoisotopic (exact) mass is 123 g/mol. The minimum absolute atomic E-state index is 0.794. The summed E-state index contributed by atoms with van der Waals surface area (Å²) in [6.07, 6.45) is 0. The van der Waals surface area contributed by atoms with E-state index < -0.39 is 11.5 Å². The van der Waals surface area contributed by atoms with Crippen LogP contribution >= 0.6 is 0 Å². The van der Waals surface area contributed by atoms with Crippen molar-refractivity contribution < 1.29 is 10.0 Å². The van der Waals surface area contributed by atoms with Crippen LogP contribution in [0.1, 0.15) is 0 Å². The maximum absolute atomic E-state index is 10.1. The number of nitriles is 2. The van der Waals surface area contributed by atoms with Gasteiger partial charge >= 0.3 is 0 Å². The lowest BCUT2D eigenvalue weighted by atomic mass is 10.3. The molecule has 5 heteroatoms. The summed E-state index contributed by atoms with van der Waals surface area (Å²) in [6.45, 7) is 0. The summed E-state index contributed by atoms with van der Waals surface area (Å²) in [6, 6.07) is 2.35. The Labute approximate surface area is 50.4 Å². The summed E-state index contributed by atoms with van der Waals surface area (Å²) >= 11 is 0. The summed E-state index contributed by atoms with van der Waals surface area (Å²) < 4.78 is 0. The summed E-state index contributed by atoms with van der Waals surface area (Å²) in [5.41, 5.74) is -0.794. The van der Waals surface area contributed by atoms with Gasteiger partial charge < -0.3 is 5.21 Å². The predicted molar refractivity (Wildman–Crippen MR) is 25.5 cm³/mol. The SMILES string of the molecule is N#CC(=O)C(C#N)=NO. The second-order valence-corrected chi connectivity index (χ2v) is 1.00. The predicted octanol–water partition coefficient (Wildman–Crippen LogP) is -0.567. The van der Waals surface area contributed by atoms with E-state index in [4.69, 9.17) is 15.7 Å². The Morgan fingerprint density at radius 1 is 1.44 bits per heavy atom. The molecule has 1 N–H and O–H groups in total.